The molecule has 0 aliphatic carbocycles. The summed E-state index contributed by atoms with van der Waals surface area (Å²) in [5.41, 5.74) is 15.7. The summed E-state index contributed by atoms with van der Waals surface area (Å²) >= 11 is 0.723. The van der Waals surface area contributed by atoms with Crippen molar-refractivity contribution in [3.8, 4) is 0 Å². The SMILES string of the molecule is CC(=O)OCC(O[C@H](COC(C)=O)S[C@@H]1OC(COC(C)=O)[C@H](OC(C)=O)C(N=[N+]=[N-])C1OC(C)=O)[C@H](OC(C)=O)C(C)N=[N+]=[N-]. The molecular formula is C25H36N6O14S. The van der Waals surface area contributed by atoms with Gasteiger partial charge < -0.3 is 37.9 Å². The van der Waals surface area contributed by atoms with Gasteiger partial charge in [-0.25, -0.2) is 0 Å². The number of hydrogen-bond acceptors (Lipinski definition) is 17. The topological polar surface area (TPSA) is 274 Å². The summed E-state index contributed by atoms with van der Waals surface area (Å²) in [6, 6.07) is -2.48. The zero-order valence-corrected chi connectivity index (χ0v) is 26.9. The van der Waals surface area contributed by atoms with Gasteiger partial charge in [0, 0.05) is 51.4 Å². The summed E-state index contributed by atoms with van der Waals surface area (Å²) in [6.07, 6.45) is -6.78. The van der Waals surface area contributed by atoms with Crippen molar-refractivity contribution in [2.24, 2.45) is 10.2 Å². The van der Waals surface area contributed by atoms with Gasteiger partial charge in [-0.3, -0.25) is 28.8 Å². The molecular weight excluding hydrogens is 640 g/mol. The lowest BCUT2D eigenvalue weighted by molar-refractivity contribution is -0.201. The van der Waals surface area contributed by atoms with E-state index in [4.69, 9.17) is 43.4 Å². The molecule has 20 nitrogen and oxygen atoms in total. The van der Waals surface area contributed by atoms with E-state index in [0.717, 1.165) is 53.3 Å². The highest BCUT2D eigenvalue weighted by Gasteiger charge is 2.51. The van der Waals surface area contributed by atoms with E-state index in [1.54, 1.807) is 0 Å². The van der Waals surface area contributed by atoms with Crippen molar-refractivity contribution in [2.45, 2.75) is 102 Å². The standard InChI is InChI=1S/C25H36N6O14S/c1-11(28-30-26)22(41-15(5)35)18(8-38-12(2)32)44-20(10-40-14(4)34)46-25-24(43-17(7)37)21(29-31-27)23(42-16(6)36)19(45-25)9-39-13(3)33/h11,18-25H,8-10H2,1-7H3/t11?,18?,19?,20-,21?,22+,23-,24?,25-/m0/s1. The summed E-state index contributed by atoms with van der Waals surface area (Å²) in [4.78, 5) is 76.6. The van der Waals surface area contributed by atoms with Crippen molar-refractivity contribution >= 4 is 47.6 Å². The Morgan fingerprint density at radius 2 is 1.35 bits per heavy atom. The fourth-order valence-corrected chi connectivity index (χ4v) is 5.29. The Morgan fingerprint density at radius 3 is 1.85 bits per heavy atom. The lowest BCUT2D eigenvalue weighted by atomic mass is 9.97. The molecule has 1 aliphatic heterocycles. The van der Waals surface area contributed by atoms with Crippen LogP contribution in [0.2, 0.25) is 0 Å². The van der Waals surface area contributed by atoms with Crippen LogP contribution in [-0.4, -0.2) is 109 Å². The van der Waals surface area contributed by atoms with Gasteiger partial charge in [0.15, 0.2) is 0 Å². The number of esters is 6. The third-order valence-corrected chi connectivity index (χ3v) is 6.92. The third kappa shape index (κ3) is 14.2. The van der Waals surface area contributed by atoms with Crippen LogP contribution < -0.4 is 0 Å². The van der Waals surface area contributed by atoms with E-state index in [1.165, 1.54) is 6.92 Å². The summed E-state index contributed by atoms with van der Waals surface area (Å²) in [5.74, 6) is -4.64. The molecule has 256 valence electrons. The lowest BCUT2D eigenvalue weighted by Gasteiger charge is -2.44. The zero-order chi connectivity index (χ0) is 35.0. The average molecular weight is 677 g/mol. The highest BCUT2D eigenvalue weighted by atomic mass is 32.2. The molecule has 0 saturated carbocycles. The molecule has 0 aromatic carbocycles. The van der Waals surface area contributed by atoms with Crippen LogP contribution in [0.15, 0.2) is 10.2 Å². The maximum Gasteiger partial charge on any atom is 0.303 e. The molecule has 46 heavy (non-hydrogen) atoms. The Hall–Kier alpha value is -4.29. The van der Waals surface area contributed by atoms with Gasteiger partial charge in [-0.2, -0.15) is 0 Å². The summed E-state index contributed by atoms with van der Waals surface area (Å²) < 4.78 is 43.6. The van der Waals surface area contributed by atoms with Crippen LogP contribution in [0.3, 0.4) is 0 Å². The monoisotopic (exact) mass is 676 g/mol. The molecule has 0 aromatic heterocycles. The fourth-order valence-electron chi connectivity index (χ4n) is 4.06. The van der Waals surface area contributed by atoms with Crippen LogP contribution in [0, 0.1) is 0 Å². The van der Waals surface area contributed by atoms with Gasteiger partial charge in [0.25, 0.3) is 0 Å². The number of azide groups is 2. The Bertz CT molecular complexity index is 1210. The Morgan fingerprint density at radius 1 is 0.783 bits per heavy atom. The average Bonchev–Trinajstić information content (AvgIpc) is 2.94. The Balaban J connectivity index is 3.68. The van der Waals surface area contributed by atoms with Crippen LogP contribution >= 0.6 is 11.8 Å². The van der Waals surface area contributed by atoms with Gasteiger partial charge in [0.2, 0.25) is 0 Å². The van der Waals surface area contributed by atoms with Gasteiger partial charge in [-0.15, -0.1) is 0 Å². The second-order valence-electron chi connectivity index (χ2n) is 9.55. The maximum atomic E-state index is 12.2. The molecule has 0 amide bonds. The third-order valence-electron chi connectivity index (χ3n) is 5.72. The van der Waals surface area contributed by atoms with Gasteiger partial charge in [0.05, 0.1) is 6.04 Å². The van der Waals surface area contributed by atoms with Crippen molar-refractivity contribution in [1.29, 1.82) is 0 Å². The van der Waals surface area contributed by atoms with Crippen molar-refractivity contribution in [3.05, 3.63) is 20.9 Å². The molecule has 0 N–H and O–H groups in total. The first-order valence-corrected chi connectivity index (χ1v) is 14.5. The number of carbonyl (C=O) groups excluding carboxylic acids is 6. The van der Waals surface area contributed by atoms with E-state index in [2.05, 4.69) is 20.1 Å². The Kier molecular flexibility index (Phi) is 17.2. The molecule has 1 aliphatic rings. The number of hydrogen-bond donors (Lipinski definition) is 0. The van der Waals surface area contributed by atoms with Crippen molar-refractivity contribution in [2.75, 3.05) is 19.8 Å². The first-order valence-electron chi connectivity index (χ1n) is 13.6. The van der Waals surface area contributed by atoms with Crippen LogP contribution in [0.1, 0.15) is 48.5 Å². The smallest absolute Gasteiger partial charge is 0.303 e. The maximum absolute atomic E-state index is 12.2. The quantitative estimate of drug-likeness (QED) is 0.0532. The molecule has 21 heteroatoms. The minimum absolute atomic E-state index is 0.489. The number of ether oxygens (including phenoxy) is 8. The van der Waals surface area contributed by atoms with E-state index in [9.17, 15) is 34.3 Å². The van der Waals surface area contributed by atoms with Gasteiger partial charge >= 0.3 is 35.8 Å². The second-order valence-corrected chi connectivity index (χ2v) is 10.8. The molecule has 1 heterocycles. The van der Waals surface area contributed by atoms with Crippen LogP contribution in [-0.2, 0) is 66.7 Å². The van der Waals surface area contributed by atoms with Gasteiger partial charge in [-0.1, -0.05) is 28.9 Å². The predicted molar refractivity (Wildman–Crippen MR) is 153 cm³/mol. The summed E-state index contributed by atoms with van der Waals surface area (Å²) in [6.45, 7) is 6.43. The predicted octanol–water partition coefficient (Wildman–Crippen LogP) is 2.02. The highest BCUT2D eigenvalue weighted by Crippen LogP contribution is 2.37. The van der Waals surface area contributed by atoms with E-state index in [0.29, 0.717) is 0 Å². The number of rotatable bonds is 17. The minimum Gasteiger partial charge on any atom is -0.463 e. The normalized spacial score (nSPS) is 23.0. The molecule has 1 fully saturated rings. The van der Waals surface area contributed by atoms with Crippen LogP contribution in [0.25, 0.3) is 20.9 Å². The molecule has 0 aromatic rings. The first kappa shape index (κ1) is 39.7. The number of thioether (sulfide) groups is 1. The zero-order valence-electron chi connectivity index (χ0n) is 26.1. The first-order chi connectivity index (χ1) is 21.6. The van der Waals surface area contributed by atoms with E-state index >= 15 is 0 Å². The molecule has 1 saturated heterocycles. The molecule has 9 atom stereocenters. The largest absolute Gasteiger partial charge is 0.463 e. The van der Waals surface area contributed by atoms with E-state index in [-0.39, 0.29) is 0 Å². The number of carbonyl (C=O) groups is 6. The van der Waals surface area contributed by atoms with Crippen LogP contribution in [0.5, 0.6) is 0 Å². The molecule has 0 bridgehead atoms. The fraction of sp³-hybridized carbons (Fsp3) is 0.760. The van der Waals surface area contributed by atoms with Gasteiger partial charge in [0.1, 0.15) is 67.3 Å². The second kappa shape index (κ2) is 20.0. The molecule has 0 spiro atoms. The van der Waals surface area contributed by atoms with Crippen LogP contribution in [0.4, 0.5) is 0 Å². The van der Waals surface area contributed by atoms with Crippen molar-refractivity contribution < 1.29 is 66.7 Å². The minimum atomic E-state index is -1.46. The summed E-state index contributed by atoms with van der Waals surface area (Å²) in [5, 5.41) is 7.23. The lowest BCUT2D eigenvalue weighted by Crippen LogP contribution is -2.60. The van der Waals surface area contributed by atoms with Crippen molar-refractivity contribution in [3.63, 3.8) is 0 Å². The molecule has 1 rings (SSSR count). The van der Waals surface area contributed by atoms with Crippen molar-refractivity contribution in [1.82, 2.24) is 0 Å². The summed E-state index contributed by atoms with van der Waals surface area (Å²) in [7, 11) is 0. The number of nitrogens with zero attached hydrogens (tertiary/aromatic N) is 6. The molecule has 0 radical (unpaired) electrons. The van der Waals surface area contributed by atoms with E-state index < -0.39 is 109 Å². The van der Waals surface area contributed by atoms with E-state index in [1.807, 2.05) is 0 Å². The molecule has 5 unspecified atom stereocenters. The Labute approximate surface area is 267 Å². The highest BCUT2D eigenvalue weighted by molar-refractivity contribution is 8.00. The van der Waals surface area contributed by atoms with Gasteiger partial charge in [-0.05, 0) is 11.1 Å².